The van der Waals surface area contributed by atoms with Crippen LogP contribution in [0.4, 0.5) is 0 Å². The van der Waals surface area contributed by atoms with Crippen molar-refractivity contribution in [1.82, 2.24) is 0 Å². The van der Waals surface area contributed by atoms with Gasteiger partial charge in [-0.1, -0.05) is 153 Å². The molecule has 24 atom stereocenters. The van der Waals surface area contributed by atoms with Crippen molar-refractivity contribution in [2.24, 2.45) is 70.0 Å². The number of hydrogen-bond donors (Lipinski definition) is 5. The van der Waals surface area contributed by atoms with E-state index in [-0.39, 0.29) is 43.4 Å². The van der Waals surface area contributed by atoms with Crippen LogP contribution >= 0.6 is 0 Å². The molecule has 0 aromatic carbocycles. The topological polar surface area (TPSA) is 276 Å². The van der Waals surface area contributed by atoms with E-state index >= 15 is 0 Å². The van der Waals surface area contributed by atoms with E-state index in [0.29, 0.717) is 30.4 Å². The Bertz CT molecular complexity index is 2910. The first-order valence-electron chi connectivity index (χ1n) is 34.1. The van der Waals surface area contributed by atoms with Gasteiger partial charge in [-0.25, -0.2) is 0 Å². The van der Waals surface area contributed by atoms with E-state index in [9.17, 15) is 49.5 Å². The summed E-state index contributed by atoms with van der Waals surface area (Å²) in [5.41, 5.74) is -13.4. The van der Waals surface area contributed by atoms with Crippen LogP contribution in [-0.4, -0.2) is 161 Å². The van der Waals surface area contributed by atoms with Crippen molar-refractivity contribution in [3.63, 3.8) is 0 Å². The number of carbonyl (C=O) groups excluding carboxylic acids is 5. The van der Waals surface area contributed by atoms with Crippen molar-refractivity contribution < 1.29 is 92.1 Å². The number of epoxide rings is 2. The summed E-state index contributed by atoms with van der Waals surface area (Å²) in [6.45, 7) is 31.4. The lowest BCUT2D eigenvalue weighted by Crippen LogP contribution is -2.70. The molecule has 4 saturated heterocycles. The molecule has 19 nitrogen and oxygen atoms in total. The molecule has 12 rings (SSSR count). The summed E-state index contributed by atoms with van der Waals surface area (Å²) in [6.07, 6.45) is 11.7. The second-order valence-electron chi connectivity index (χ2n) is 31.8. The second kappa shape index (κ2) is 21.9. The number of ether oxygens (including phenoxy) is 9. The van der Waals surface area contributed by atoms with Gasteiger partial charge in [0.25, 0.3) is 0 Å². The number of carbonyl (C=O) groups is 5. The Morgan fingerprint density at radius 1 is 0.573 bits per heavy atom. The van der Waals surface area contributed by atoms with Gasteiger partial charge >= 0.3 is 17.9 Å². The van der Waals surface area contributed by atoms with Crippen LogP contribution in [0.3, 0.4) is 0 Å². The van der Waals surface area contributed by atoms with Crippen molar-refractivity contribution in [3.8, 4) is 0 Å². The maximum atomic E-state index is 14.1. The molecule has 5 N–H and O–H groups in total. The standard InChI is InChI=1S/C42H66O10.C28H40O9/c1-10-12-13-14-15-16-17-18-19-20-21-22-29(43)49-33-27(5)40(46)28-23-26(4)32(44)41(28,47)36-39(24-48-38(8,9)52-36)34(50-39)30(40)31-37(6,7)42(31,33)51-35(45)25(3)11-2;1-9-12(2)21(31)36-28-17(23(28,5)6)16-20-25(35-20)11-34-24(7,8)37-22(25)27(33)15(10-13(3)18(27)29)26(16,32)14(4)19(28)30/h23,25,27-28,30-31,33-34,36,46-47H,10-22,24H2,1-9H3;10,12,14-17,19-20,22,30,32-33H,9,11H2,1-8H3/t25-,27+,28-,30+,31+,33+,34-,36+,39-,40-,41+,42+;12-,14+,15-,16+,17+,19+,20-,22+,25-,26-,27+,28+/m00/s1. The number of ketones is 2. The fourth-order valence-corrected chi connectivity index (χ4v) is 19.7. The fourth-order valence-electron chi connectivity index (χ4n) is 19.7. The minimum atomic E-state index is -2.16. The van der Waals surface area contributed by atoms with E-state index in [1.165, 1.54) is 44.9 Å². The van der Waals surface area contributed by atoms with Gasteiger partial charge in [0.2, 0.25) is 0 Å². The van der Waals surface area contributed by atoms with Crippen LogP contribution in [0.5, 0.6) is 0 Å². The van der Waals surface area contributed by atoms with E-state index < -0.39 is 169 Å². The molecule has 6 saturated carbocycles. The van der Waals surface area contributed by atoms with Gasteiger partial charge < -0.3 is 68.2 Å². The number of aliphatic hydroxyl groups is 5. The number of fused-ring (bicyclic) bond motifs is 14. The summed E-state index contributed by atoms with van der Waals surface area (Å²) in [5, 5.41) is 63.0. The van der Waals surface area contributed by atoms with Gasteiger partial charge in [0.15, 0.2) is 39.9 Å². The molecule has 500 valence electrons. The van der Waals surface area contributed by atoms with Crippen LogP contribution < -0.4 is 0 Å². The van der Waals surface area contributed by atoms with Crippen LogP contribution in [-0.2, 0) is 66.6 Å². The molecule has 12 aliphatic rings. The maximum Gasteiger partial charge on any atom is 0.309 e. The molecule has 89 heavy (non-hydrogen) atoms. The molecule has 0 aromatic heterocycles. The normalized spacial score (nSPS) is 47.5. The molecule has 4 heterocycles. The van der Waals surface area contributed by atoms with Gasteiger partial charge in [0, 0.05) is 64.6 Å². The summed E-state index contributed by atoms with van der Waals surface area (Å²) in [4.78, 5) is 68.3. The summed E-state index contributed by atoms with van der Waals surface area (Å²) in [5.74, 6) is -11.3. The molecule has 0 aromatic rings. The van der Waals surface area contributed by atoms with E-state index in [2.05, 4.69) is 6.92 Å². The highest BCUT2D eigenvalue weighted by Gasteiger charge is 2.96. The monoisotopic (exact) mass is 1250 g/mol. The summed E-state index contributed by atoms with van der Waals surface area (Å²) in [6, 6.07) is 0. The van der Waals surface area contributed by atoms with Crippen molar-refractivity contribution in [2.45, 2.75) is 301 Å². The first kappa shape index (κ1) is 67.2. The highest BCUT2D eigenvalue weighted by molar-refractivity contribution is 6.06. The summed E-state index contributed by atoms with van der Waals surface area (Å²) in [7, 11) is 0. The zero-order valence-electron chi connectivity index (χ0n) is 56.2. The van der Waals surface area contributed by atoms with Crippen molar-refractivity contribution in [1.29, 1.82) is 0 Å². The molecule has 0 bridgehead atoms. The maximum absolute atomic E-state index is 14.1. The minimum absolute atomic E-state index is 0.0574. The number of Topliss-reactive ketones (excluding diaryl/α,β-unsaturated/α-hetero) is 2. The summed E-state index contributed by atoms with van der Waals surface area (Å²) >= 11 is 0. The van der Waals surface area contributed by atoms with Gasteiger partial charge in [-0.05, 0) is 72.0 Å². The number of rotatable bonds is 19. The Labute approximate surface area is 526 Å². The summed E-state index contributed by atoms with van der Waals surface area (Å²) < 4.78 is 56.9. The molecular formula is C70H106O19. The molecule has 0 radical (unpaired) electrons. The van der Waals surface area contributed by atoms with E-state index in [0.717, 1.165) is 19.3 Å². The van der Waals surface area contributed by atoms with Gasteiger partial charge in [0.05, 0.1) is 54.6 Å². The fraction of sp³-hybridized carbons (Fsp3) is 0.871. The highest BCUT2D eigenvalue weighted by atomic mass is 16.8. The third-order valence-electron chi connectivity index (χ3n) is 25.4. The second-order valence-corrected chi connectivity index (χ2v) is 31.8. The predicted octanol–water partition coefficient (Wildman–Crippen LogP) is 8.27. The van der Waals surface area contributed by atoms with Gasteiger partial charge in [-0.3, -0.25) is 24.0 Å². The Balaban J connectivity index is 0.000000194. The van der Waals surface area contributed by atoms with Crippen LogP contribution in [0, 0.1) is 70.0 Å². The number of aliphatic hydroxyl groups excluding tert-OH is 1. The Kier molecular flexibility index (Phi) is 16.6. The largest absolute Gasteiger partial charge is 0.458 e. The zero-order chi connectivity index (χ0) is 65.4. The molecule has 10 fully saturated rings. The lowest BCUT2D eigenvalue weighted by Gasteiger charge is -2.54. The lowest BCUT2D eigenvalue weighted by molar-refractivity contribution is -0.329. The molecule has 2 spiro atoms. The first-order chi connectivity index (χ1) is 41.4. The van der Waals surface area contributed by atoms with E-state index in [1.807, 2.05) is 48.5 Å². The molecule has 0 unspecified atom stereocenters. The van der Waals surface area contributed by atoms with E-state index in [1.54, 1.807) is 74.5 Å². The van der Waals surface area contributed by atoms with E-state index in [4.69, 9.17) is 42.6 Å². The minimum Gasteiger partial charge on any atom is -0.458 e. The Morgan fingerprint density at radius 3 is 1.38 bits per heavy atom. The van der Waals surface area contributed by atoms with Crippen LogP contribution in [0.1, 0.15) is 208 Å². The number of unbranched alkanes of at least 4 members (excludes halogenated alkanes) is 10. The predicted molar refractivity (Wildman–Crippen MR) is 323 cm³/mol. The van der Waals surface area contributed by atoms with Gasteiger partial charge in [-0.15, -0.1) is 0 Å². The van der Waals surface area contributed by atoms with Gasteiger partial charge in [-0.2, -0.15) is 0 Å². The Morgan fingerprint density at radius 2 is 0.955 bits per heavy atom. The van der Waals surface area contributed by atoms with Crippen LogP contribution in [0.25, 0.3) is 0 Å². The molecule has 4 aliphatic heterocycles. The van der Waals surface area contributed by atoms with Crippen LogP contribution in [0.15, 0.2) is 23.3 Å². The van der Waals surface area contributed by atoms with Crippen molar-refractivity contribution >= 4 is 29.5 Å². The van der Waals surface area contributed by atoms with Gasteiger partial charge in [0.1, 0.15) is 35.1 Å². The Hall–Kier alpha value is -3.21. The quantitative estimate of drug-likeness (QED) is 0.0352. The third kappa shape index (κ3) is 9.17. The van der Waals surface area contributed by atoms with Crippen LogP contribution in [0.2, 0.25) is 0 Å². The van der Waals surface area contributed by atoms with Crippen molar-refractivity contribution in [3.05, 3.63) is 23.3 Å². The lowest BCUT2D eigenvalue weighted by atomic mass is 9.58. The number of hydrogen-bond acceptors (Lipinski definition) is 19. The zero-order valence-corrected chi connectivity index (χ0v) is 56.2. The average Bonchev–Trinajstić information content (AvgIpc) is 1.45. The molecule has 8 aliphatic carbocycles. The molecule has 19 heteroatoms. The SMILES string of the molecule is CCCCCCCCCCCCCC(=O)O[C@@H]1[C@@H](C)[C@@]2(O)[C@H]([C@@H]3C(C)(C)[C@]13OC(=O)[C@@H](C)CC)[C@@H]1O[C@@]13COC(C)(C)O[C@H]3[C@]1(O)C(=O)C(C)=C[C@H]12.CC[C@H](C)C(=O)O[C@@]12[C@H](O)[C@@H](C)[C@@]3(O)[C@H]([C@@H]1C2(C)C)[C@@H]1O[C@@]12COC(C)(C)O[C@H]2[C@]1(O)C(=O)C(C)=C[C@H]13. The third-order valence-corrected chi connectivity index (χ3v) is 25.4. The smallest absolute Gasteiger partial charge is 0.309 e. The molecular weight excluding hydrogens is 1140 g/mol. The first-order valence-corrected chi connectivity index (χ1v) is 34.1. The average molecular weight is 1250 g/mol. The van der Waals surface area contributed by atoms with Crippen molar-refractivity contribution in [2.75, 3.05) is 13.2 Å². The number of esters is 3. The molecule has 0 amide bonds. The highest BCUT2D eigenvalue weighted by Crippen LogP contribution is 2.82.